The normalized spacial score (nSPS) is 19.3. The van der Waals surface area contributed by atoms with Crippen molar-refractivity contribution >= 4 is 28.6 Å². The van der Waals surface area contributed by atoms with Crippen molar-refractivity contribution in [2.24, 2.45) is 0 Å². The zero-order chi connectivity index (χ0) is 18.2. The van der Waals surface area contributed by atoms with E-state index >= 15 is 0 Å². The molecule has 0 radical (unpaired) electrons. The Kier molecular flexibility index (Phi) is 6.10. The number of hydrogen-bond acceptors (Lipinski definition) is 2. The minimum atomic E-state index is -6.79. The average Bonchev–Trinajstić information content (AvgIpc) is 2.25. The molecular weight excluding hydrogens is 450 g/mol. The molecule has 0 aromatic rings. The third kappa shape index (κ3) is 3.91. The maximum absolute atomic E-state index is 13.9. The van der Waals surface area contributed by atoms with E-state index < -0.39 is 39.8 Å². The van der Waals surface area contributed by atoms with Crippen LogP contribution in [0.15, 0.2) is 0 Å². The van der Waals surface area contributed by atoms with E-state index in [2.05, 4.69) is 4.74 Å². The minimum absolute atomic E-state index is 0.377. The lowest BCUT2D eigenvalue weighted by Gasteiger charge is -2.38. The Hall–Kier alpha value is -0.430. The highest BCUT2D eigenvalue weighted by Gasteiger charge is 2.81. The van der Waals surface area contributed by atoms with Gasteiger partial charge in [-0.1, -0.05) is 22.6 Å². The molecule has 0 amide bonds. The van der Waals surface area contributed by atoms with Crippen LogP contribution in [0.3, 0.4) is 0 Å². The molecule has 0 saturated carbocycles. The van der Waals surface area contributed by atoms with Crippen LogP contribution < -0.4 is 0 Å². The molecule has 0 fully saturated rings. The first-order valence-corrected chi connectivity index (χ1v) is 6.58. The third-order valence-corrected chi connectivity index (χ3v) is 3.40. The van der Waals surface area contributed by atoms with Gasteiger partial charge >= 0.3 is 24.2 Å². The number of rotatable bonds is 5. The molecule has 0 saturated heterocycles. The smallest absolute Gasteiger partial charge is 0.457 e. The van der Waals surface area contributed by atoms with Gasteiger partial charge in [-0.25, -0.2) is 4.39 Å². The summed E-state index contributed by atoms with van der Waals surface area (Å²) in [6.07, 6.45) is -15.8. The average molecular weight is 460 g/mol. The fourth-order valence-electron chi connectivity index (χ4n) is 1.43. The maximum Gasteiger partial charge on any atom is 0.457 e. The van der Waals surface area contributed by atoms with Crippen molar-refractivity contribution in [1.82, 2.24) is 0 Å². The van der Waals surface area contributed by atoms with Crippen LogP contribution >= 0.6 is 22.6 Å². The van der Waals surface area contributed by atoms with Gasteiger partial charge in [-0.3, -0.25) is 4.79 Å². The second-order valence-corrected chi connectivity index (χ2v) is 6.85. The SMILES string of the molecule is CCOC(=O)C(C)(I)CC(F)(C(F)(F)F)C(F)(F)C(F)(F)F. The molecule has 22 heavy (non-hydrogen) atoms. The molecule has 0 aromatic heterocycles. The fourth-order valence-corrected chi connectivity index (χ4v) is 2.11. The van der Waals surface area contributed by atoms with Gasteiger partial charge in [0.15, 0.2) is 0 Å². The molecule has 132 valence electrons. The van der Waals surface area contributed by atoms with Crippen molar-refractivity contribution in [2.45, 2.75) is 47.6 Å². The van der Waals surface area contributed by atoms with Crippen LogP contribution in [0.25, 0.3) is 0 Å². The predicted molar refractivity (Wildman–Crippen MR) is 64.6 cm³/mol. The van der Waals surface area contributed by atoms with Crippen molar-refractivity contribution in [3.05, 3.63) is 0 Å². The molecule has 0 spiro atoms. The Balaban J connectivity index is 5.94. The van der Waals surface area contributed by atoms with Crippen molar-refractivity contribution in [2.75, 3.05) is 6.61 Å². The molecule has 2 atom stereocenters. The van der Waals surface area contributed by atoms with E-state index in [1.807, 2.05) is 0 Å². The molecule has 0 aliphatic heterocycles. The summed E-state index contributed by atoms with van der Waals surface area (Å²) in [5.74, 6) is -8.28. The lowest BCUT2D eigenvalue weighted by Crippen LogP contribution is -2.64. The summed E-state index contributed by atoms with van der Waals surface area (Å²) in [5.41, 5.74) is -5.99. The number of ether oxygens (including phenoxy) is 1. The standard InChI is InChI=1S/C10H10F9IO2/c1-3-22-5(21)6(2,20)4-7(11,9(14,15)16)8(12,13)10(17,18)19/h3-4H2,1-2H3. The van der Waals surface area contributed by atoms with E-state index in [0.29, 0.717) is 6.92 Å². The van der Waals surface area contributed by atoms with Crippen LogP contribution in [0, 0.1) is 0 Å². The quantitative estimate of drug-likeness (QED) is 0.260. The second kappa shape index (κ2) is 6.23. The van der Waals surface area contributed by atoms with Gasteiger partial charge in [0.2, 0.25) is 0 Å². The van der Waals surface area contributed by atoms with Gasteiger partial charge < -0.3 is 4.74 Å². The van der Waals surface area contributed by atoms with Gasteiger partial charge in [0.05, 0.1) is 6.61 Å². The van der Waals surface area contributed by atoms with Crippen molar-refractivity contribution in [3.8, 4) is 0 Å². The summed E-state index contributed by atoms with van der Waals surface area (Å²) in [7, 11) is 0. The number of halogens is 10. The highest BCUT2D eigenvalue weighted by molar-refractivity contribution is 14.1. The first-order valence-electron chi connectivity index (χ1n) is 5.50. The monoisotopic (exact) mass is 460 g/mol. The van der Waals surface area contributed by atoms with E-state index in [9.17, 15) is 44.3 Å². The van der Waals surface area contributed by atoms with Crippen LogP contribution in [-0.2, 0) is 9.53 Å². The zero-order valence-corrected chi connectivity index (χ0v) is 13.2. The zero-order valence-electron chi connectivity index (χ0n) is 11.0. The largest absolute Gasteiger partial charge is 0.465 e. The van der Waals surface area contributed by atoms with Crippen LogP contribution in [0.2, 0.25) is 0 Å². The Morgan fingerprint density at radius 3 is 1.64 bits per heavy atom. The number of hydrogen-bond donors (Lipinski definition) is 0. The molecule has 0 aliphatic rings. The molecule has 12 heteroatoms. The topological polar surface area (TPSA) is 26.3 Å². The first-order chi connectivity index (χ1) is 9.44. The summed E-state index contributed by atoms with van der Waals surface area (Å²) < 4.78 is 116. The summed E-state index contributed by atoms with van der Waals surface area (Å²) >= 11 is 0.843. The Bertz CT molecular complexity index is 416. The first kappa shape index (κ1) is 21.6. The van der Waals surface area contributed by atoms with Gasteiger partial charge in [-0.2, -0.15) is 35.1 Å². The Morgan fingerprint density at radius 2 is 1.36 bits per heavy atom. The number of carbonyl (C=O) groups excluding carboxylic acids is 1. The molecule has 0 aliphatic carbocycles. The molecule has 0 N–H and O–H groups in total. The summed E-state index contributed by atoms with van der Waals surface area (Å²) in [6, 6.07) is 0. The van der Waals surface area contributed by atoms with Gasteiger partial charge in [0, 0.05) is 6.42 Å². The van der Waals surface area contributed by atoms with Crippen molar-refractivity contribution in [1.29, 1.82) is 0 Å². The van der Waals surface area contributed by atoms with Crippen LogP contribution in [0.4, 0.5) is 39.5 Å². The molecule has 0 bridgehead atoms. The molecule has 0 heterocycles. The van der Waals surface area contributed by atoms with Gasteiger partial charge in [-0.05, 0) is 13.8 Å². The van der Waals surface area contributed by atoms with Gasteiger partial charge in [0.25, 0.3) is 5.67 Å². The lowest BCUT2D eigenvalue weighted by molar-refractivity contribution is -0.385. The van der Waals surface area contributed by atoms with E-state index in [4.69, 9.17) is 0 Å². The van der Waals surface area contributed by atoms with E-state index in [0.717, 1.165) is 22.6 Å². The van der Waals surface area contributed by atoms with Crippen LogP contribution in [0.1, 0.15) is 20.3 Å². The van der Waals surface area contributed by atoms with Gasteiger partial charge in [-0.15, -0.1) is 0 Å². The number of carbonyl (C=O) groups is 1. The van der Waals surface area contributed by atoms with Crippen molar-refractivity contribution < 1.29 is 49.0 Å². The van der Waals surface area contributed by atoms with Gasteiger partial charge in [0.1, 0.15) is 3.42 Å². The van der Waals surface area contributed by atoms with Crippen LogP contribution in [0.5, 0.6) is 0 Å². The third-order valence-electron chi connectivity index (χ3n) is 2.58. The maximum atomic E-state index is 13.9. The highest BCUT2D eigenvalue weighted by atomic mass is 127. The number of esters is 1. The van der Waals surface area contributed by atoms with Crippen molar-refractivity contribution in [3.63, 3.8) is 0 Å². The molecular formula is C10H10F9IO2. The lowest BCUT2D eigenvalue weighted by atomic mass is 9.86. The summed E-state index contributed by atoms with van der Waals surface area (Å²) in [6.45, 7) is 1.41. The second-order valence-electron chi connectivity index (χ2n) is 4.47. The highest BCUT2D eigenvalue weighted by Crippen LogP contribution is 2.56. The van der Waals surface area contributed by atoms with E-state index in [1.165, 1.54) is 6.92 Å². The summed E-state index contributed by atoms with van der Waals surface area (Å²) in [4.78, 5) is 11.4. The Morgan fingerprint density at radius 1 is 0.955 bits per heavy atom. The van der Waals surface area contributed by atoms with E-state index in [1.54, 1.807) is 0 Å². The Labute approximate surface area is 132 Å². The fraction of sp³-hybridized carbons (Fsp3) is 0.900. The van der Waals surface area contributed by atoms with Crippen LogP contribution in [-0.4, -0.2) is 39.9 Å². The van der Waals surface area contributed by atoms with E-state index in [-0.39, 0.29) is 6.61 Å². The minimum Gasteiger partial charge on any atom is -0.465 e. The molecule has 0 aromatic carbocycles. The predicted octanol–water partition coefficient (Wildman–Crippen LogP) is 4.60. The summed E-state index contributed by atoms with van der Waals surface area (Å²) in [5, 5.41) is 0. The molecule has 2 unspecified atom stereocenters. The molecule has 0 rings (SSSR count). The molecule has 2 nitrogen and oxygen atoms in total. The number of alkyl halides is 10.